The summed E-state index contributed by atoms with van der Waals surface area (Å²) < 4.78 is 5.42. The molecule has 2 aromatic rings. The van der Waals surface area contributed by atoms with Gasteiger partial charge in [0, 0.05) is 18.1 Å². The first-order valence-electron chi connectivity index (χ1n) is 4.80. The van der Waals surface area contributed by atoms with E-state index in [2.05, 4.69) is 15.3 Å². The van der Waals surface area contributed by atoms with E-state index in [9.17, 15) is 0 Å². The number of aryl methyl sites for hydroxylation is 1. The first-order chi connectivity index (χ1) is 7.25. The molecule has 1 N–H and O–H groups in total. The van der Waals surface area contributed by atoms with Gasteiger partial charge in [0.05, 0.1) is 12.2 Å². The second kappa shape index (κ2) is 4.55. The summed E-state index contributed by atoms with van der Waals surface area (Å²) in [5.41, 5.74) is 0. The molecular weight excluding hydrogens is 210 g/mol. The van der Waals surface area contributed by atoms with E-state index in [0.717, 1.165) is 23.2 Å². The molecule has 0 spiro atoms. The SMILES string of the molecule is Cc1cnc(C(C)NCc2nccs2)o1. The number of oxazole rings is 1. The molecular formula is C10H13N3OS. The normalized spacial score (nSPS) is 12.9. The highest BCUT2D eigenvalue weighted by Crippen LogP contribution is 2.13. The third-order valence-corrected chi connectivity index (χ3v) is 2.83. The van der Waals surface area contributed by atoms with Crippen molar-refractivity contribution in [1.82, 2.24) is 15.3 Å². The van der Waals surface area contributed by atoms with Gasteiger partial charge in [0.1, 0.15) is 10.8 Å². The highest BCUT2D eigenvalue weighted by Gasteiger charge is 2.10. The van der Waals surface area contributed by atoms with E-state index < -0.39 is 0 Å². The fourth-order valence-corrected chi connectivity index (χ4v) is 1.81. The second-order valence-electron chi connectivity index (χ2n) is 3.34. The summed E-state index contributed by atoms with van der Waals surface area (Å²) in [7, 11) is 0. The molecule has 2 rings (SSSR count). The summed E-state index contributed by atoms with van der Waals surface area (Å²) in [4.78, 5) is 8.36. The van der Waals surface area contributed by atoms with Gasteiger partial charge in [-0.05, 0) is 13.8 Å². The van der Waals surface area contributed by atoms with Crippen LogP contribution in [0.1, 0.15) is 29.6 Å². The van der Waals surface area contributed by atoms with Crippen LogP contribution in [0.2, 0.25) is 0 Å². The van der Waals surface area contributed by atoms with Gasteiger partial charge in [-0.15, -0.1) is 11.3 Å². The molecule has 0 bridgehead atoms. The van der Waals surface area contributed by atoms with Crippen molar-refractivity contribution >= 4 is 11.3 Å². The topological polar surface area (TPSA) is 51.0 Å². The summed E-state index contributed by atoms with van der Waals surface area (Å²) in [5.74, 6) is 1.57. The van der Waals surface area contributed by atoms with Crippen LogP contribution in [0, 0.1) is 6.92 Å². The average molecular weight is 223 g/mol. The molecule has 0 radical (unpaired) electrons. The first kappa shape index (κ1) is 10.3. The maximum atomic E-state index is 5.42. The van der Waals surface area contributed by atoms with E-state index in [4.69, 9.17) is 4.42 Å². The molecule has 0 saturated heterocycles. The fourth-order valence-electron chi connectivity index (χ4n) is 1.24. The maximum absolute atomic E-state index is 5.42. The Labute approximate surface area is 92.4 Å². The van der Waals surface area contributed by atoms with Crippen LogP contribution in [0.5, 0.6) is 0 Å². The molecule has 15 heavy (non-hydrogen) atoms. The minimum absolute atomic E-state index is 0.114. The van der Waals surface area contributed by atoms with Gasteiger partial charge in [-0.1, -0.05) is 0 Å². The molecule has 80 valence electrons. The molecule has 1 atom stereocenters. The van der Waals surface area contributed by atoms with Gasteiger partial charge in [0.2, 0.25) is 5.89 Å². The van der Waals surface area contributed by atoms with Crippen LogP contribution in [-0.2, 0) is 6.54 Å². The van der Waals surface area contributed by atoms with Crippen molar-refractivity contribution in [2.75, 3.05) is 0 Å². The molecule has 0 saturated carbocycles. The molecule has 4 nitrogen and oxygen atoms in total. The van der Waals surface area contributed by atoms with E-state index in [1.54, 1.807) is 17.5 Å². The molecule has 5 heteroatoms. The lowest BCUT2D eigenvalue weighted by atomic mass is 10.3. The number of hydrogen-bond acceptors (Lipinski definition) is 5. The van der Waals surface area contributed by atoms with Crippen LogP contribution in [0.3, 0.4) is 0 Å². The molecule has 0 fully saturated rings. The Balaban J connectivity index is 1.90. The van der Waals surface area contributed by atoms with Crippen LogP contribution in [-0.4, -0.2) is 9.97 Å². The van der Waals surface area contributed by atoms with Crippen LogP contribution in [0.25, 0.3) is 0 Å². The molecule has 0 aromatic carbocycles. The predicted molar refractivity (Wildman–Crippen MR) is 58.6 cm³/mol. The molecule has 2 heterocycles. The van der Waals surface area contributed by atoms with E-state index in [-0.39, 0.29) is 6.04 Å². The fraction of sp³-hybridized carbons (Fsp3) is 0.400. The Morgan fingerprint density at radius 3 is 3.00 bits per heavy atom. The smallest absolute Gasteiger partial charge is 0.211 e. The van der Waals surface area contributed by atoms with Gasteiger partial charge < -0.3 is 4.42 Å². The Morgan fingerprint density at radius 2 is 2.40 bits per heavy atom. The van der Waals surface area contributed by atoms with Crippen molar-refractivity contribution in [2.24, 2.45) is 0 Å². The average Bonchev–Trinajstić information content (AvgIpc) is 2.84. The van der Waals surface area contributed by atoms with Crippen molar-refractivity contribution in [3.63, 3.8) is 0 Å². The van der Waals surface area contributed by atoms with Crippen molar-refractivity contribution < 1.29 is 4.42 Å². The zero-order valence-corrected chi connectivity index (χ0v) is 9.54. The third kappa shape index (κ3) is 2.64. The molecule has 0 aliphatic carbocycles. The van der Waals surface area contributed by atoms with Crippen LogP contribution in [0.4, 0.5) is 0 Å². The summed E-state index contributed by atoms with van der Waals surface area (Å²) in [6.45, 7) is 4.67. The number of thiazole rings is 1. The highest BCUT2D eigenvalue weighted by molar-refractivity contribution is 7.09. The lowest BCUT2D eigenvalue weighted by molar-refractivity contribution is 0.402. The standard InChI is InChI=1S/C10H13N3OS/c1-7-5-13-10(14-7)8(2)12-6-9-11-3-4-15-9/h3-5,8,12H,6H2,1-2H3. The zero-order valence-electron chi connectivity index (χ0n) is 8.73. The summed E-state index contributed by atoms with van der Waals surface area (Å²) in [6.07, 6.45) is 3.54. The number of nitrogens with zero attached hydrogens (tertiary/aromatic N) is 2. The van der Waals surface area contributed by atoms with Crippen molar-refractivity contribution in [2.45, 2.75) is 26.4 Å². The number of hydrogen-bond donors (Lipinski definition) is 1. The Morgan fingerprint density at radius 1 is 1.53 bits per heavy atom. The third-order valence-electron chi connectivity index (χ3n) is 2.05. The maximum Gasteiger partial charge on any atom is 0.211 e. The molecule has 1 unspecified atom stereocenters. The van der Waals surface area contributed by atoms with E-state index in [0.29, 0.717) is 0 Å². The molecule has 0 aliphatic rings. The Bertz CT molecular complexity index is 410. The second-order valence-corrected chi connectivity index (χ2v) is 4.32. The largest absolute Gasteiger partial charge is 0.444 e. The quantitative estimate of drug-likeness (QED) is 0.864. The van der Waals surface area contributed by atoms with Crippen molar-refractivity contribution in [3.05, 3.63) is 34.4 Å². The lowest BCUT2D eigenvalue weighted by Gasteiger charge is -2.07. The summed E-state index contributed by atoms with van der Waals surface area (Å²) in [5, 5.41) is 6.35. The number of nitrogens with one attached hydrogen (secondary N) is 1. The van der Waals surface area contributed by atoms with E-state index in [1.165, 1.54) is 0 Å². The summed E-state index contributed by atoms with van der Waals surface area (Å²) >= 11 is 1.64. The van der Waals surface area contributed by atoms with Crippen LogP contribution in [0.15, 0.2) is 22.2 Å². The van der Waals surface area contributed by atoms with Crippen molar-refractivity contribution in [1.29, 1.82) is 0 Å². The monoisotopic (exact) mass is 223 g/mol. The minimum atomic E-state index is 0.114. The highest BCUT2D eigenvalue weighted by atomic mass is 32.1. The van der Waals surface area contributed by atoms with Crippen LogP contribution >= 0.6 is 11.3 Å². The van der Waals surface area contributed by atoms with Gasteiger partial charge >= 0.3 is 0 Å². The number of rotatable bonds is 4. The van der Waals surface area contributed by atoms with Gasteiger partial charge in [-0.2, -0.15) is 0 Å². The lowest BCUT2D eigenvalue weighted by Crippen LogP contribution is -2.18. The van der Waals surface area contributed by atoms with E-state index in [1.807, 2.05) is 25.4 Å². The van der Waals surface area contributed by atoms with Gasteiger partial charge in [0.15, 0.2) is 0 Å². The van der Waals surface area contributed by atoms with Gasteiger partial charge in [0.25, 0.3) is 0 Å². The molecule has 0 amide bonds. The van der Waals surface area contributed by atoms with E-state index >= 15 is 0 Å². The Hall–Kier alpha value is -1.20. The first-order valence-corrected chi connectivity index (χ1v) is 5.68. The molecule has 2 aromatic heterocycles. The molecule has 0 aliphatic heterocycles. The van der Waals surface area contributed by atoms with Crippen LogP contribution < -0.4 is 5.32 Å². The minimum Gasteiger partial charge on any atom is -0.444 e. The van der Waals surface area contributed by atoms with Crippen molar-refractivity contribution in [3.8, 4) is 0 Å². The van der Waals surface area contributed by atoms with Gasteiger partial charge in [-0.3, -0.25) is 5.32 Å². The predicted octanol–water partition coefficient (Wildman–Crippen LogP) is 2.29. The zero-order chi connectivity index (χ0) is 10.7. The Kier molecular flexibility index (Phi) is 3.13. The van der Waals surface area contributed by atoms with Gasteiger partial charge in [-0.25, -0.2) is 9.97 Å². The number of aromatic nitrogens is 2. The summed E-state index contributed by atoms with van der Waals surface area (Å²) in [6, 6.07) is 0.114.